The second kappa shape index (κ2) is 10.8. The Labute approximate surface area is 145 Å². The van der Waals surface area contributed by atoms with Gasteiger partial charge >= 0.3 is 0 Å². The maximum absolute atomic E-state index is 12.3. The summed E-state index contributed by atoms with van der Waals surface area (Å²) >= 11 is 0. The van der Waals surface area contributed by atoms with Crippen molar-refractivity contribution >= 4 is 17.5 Å². The standard InChI is InChI=1S/C19H31N3O2/c1-4-22(18(24)12-7-5-6-8-13-20)14-17(23)21-19-15(2)10-9-11-16(19)3/h9-11H,4-8,12-14,20H2,1-3H3,(H,21,23). The molecule has 0 aliphatic carbocycles. The molecule has 0 unspecified atom stereocenters. The molecule has 0 aliphatic heterocycles. The molecule has 0 atom stereocenters. The summed E-state index contributed by atoms with van der Waals surface area (Å²) in [7, 11) is 0. The Bertz CT molecular complexity index is 523. The predicted octanol–water partition coefficient (Wildman–Crippen LogP) is 3.00. The lowest BCUT2D eigenvalue weighted by Crippen LogP contribution is -2.37. The van der Waals surface area contributed by atoms with Crippen LogP contribution in [-0.4, -0.2) is 36.3 Å². The van der Waals surface area contributed by atoms with E-state index in [1.54, 1.807) is 4.90 Å². The van der Waals surface area contributed by atoms with Crippen molar-refractivity contribution in [2.75, 3.05) is 25.0 Å². The molecule has 0 heterocycles. The topological polar surface area (TPSA) is 75.4 Å². The van der Waals surface area contributed by atoms with E-state index in [1.807, 2.05) is 39.0 Å². The molecule has 0 fully saturated rings. The highest BCUT2D eigenvalue weighted by molar-refractivity contribution is 5.95. The number of carbonyl (C=O) groups excluding carboxylic acids is 2. The summed E-state index contributed by atoms with van der Waals surface area (Å²) in [5, 5.41) is 2.94. The van der Waals surface area contributed by atoms with Crippen LogP contribution in [0.2, 0.25) is 0 Å². The van der Waals surface area contributed by atoms with E-state index in [1.165, 1.54) is 0 Å². The Morgan fingerprint density at radius 2 is 1.71 bits per heavy atom. The number of likely N-dealkylation sites (N-methyl/N-ethyl adjacent to an activating group) is 1. The first kappa shape index (κ1) is 20.2. The van der Waals surface area contributed by atoms with Crippen molar-refractivity contribution in [3.63, 3.8) is 0 Å². The largest absolute Gasteiger partial charge is 0.334 e. The smallest absolute Gasteiger partial charge is 0.244 e. The third-order valence-electron chi connectivity index (χ3n) is 4.16. The molecule has 0 bridgehead atoms. The number of anilines is 1. The highest BCUT2D eigenvalue weighted by atomic mass is 16.2. The van der Waals surface area contributed by atoms with Gasteiger partial charge in [-0.3, -0.25) is 9.59 Å². The van der Waals surface area contributed by atoms with Crippen molar-refractivity contribution in [2.24, 2.45) is 5.73 Å². The van der Waals surface area contributed by atoms with Crippen molar-refractivity contribution in [1.29, 1.82) is 0 Å². The van der Waals surface area contributed by atoms with Crippen LogP contribution >= 0.6 is 0 Å². The predicted molar refractivity (Wildman–Crippen MR) is 98.9 cm³/mol. The molecule has 0 radical (unpaired) electrons. The van der Waals surface area contributed by atoms with Crippen LogP contribution in [0.4, 0.5) is 5.69 Å². The van der Waals surface area contributed by atoms with Gasteiger partial charge in [0.2, 0.25) is 11.8 Å². The van der Waals surface area contributed by atoms with Crippen molar-refractivity contribution in [1.82, 2.24) is 4.90 Å². The van der Waals surface area contributed by atoms with Crippen LogP contribution in [0, 0.1) is 13.8 Å². The molecule has 0 saturated heterocycles. The first-order chi connectivity index (χ1) is 11.5. The second-order valence-corrected chi connectivity index (χ2v) is 6.18. The van der Waals surface area contributed by atoms with Crippen molar-refractivity contribution < 1.29 is 9.59 Å². The van der Waals surface area contributed by atoms with E-state index in [0.717, 1.165) is 42.5 Å². The summed E-state index contributed by atoms with van der Waals surface area (Å²) < 4.78 is 0. The molecule has 2 amide bonds. The second-order valence-electron chi connectivity index (χ2n) is 6.18. The van der Waals surface area contributed by atoms with Gasteiger partial charge in [-0.1, -0.05) is 31.0 Å². The number of amides is 2. The average Bonchev–Trinajstić information content (AvgIpc) is 2.55. The number of para-hydroxylation sites is 1. The highest BCUT2D eigenvalue weighted by Crippen LogP contribution is 2.19. The van der Waals surface area contributed by atoms with Crippen molar-refractivity contribution in [3.05, 3.63) is 29.3 Å². The number of benzene rings is 1. The molecule has 0 saturated carbocycles. The van der Waals surface area contributed by atoms with Gasteiger partial charge in [-0.15, -0.1) is 0 Å². The summed E-state index contributed by atoms with van der Waals surface area (Å²) in [4.78, 5) is 26.2. The molecule has 0 aromatic heterocycles. The van der Waals surface area contributed by atoms with Crippen LogP contribution in [0.25, 0.3) is 0 Å². The first-order valence-electron chi connectivity index (χ1n) is 8.83. The molecule has 0 aliphatic rings. The van der Waals surface area contributed by atoms with Gasteiger partial charge in [-0.25, -0.2) is 0 Å². The van der Waals surface area contributed by atoms with Crippen LogP contribution in [0.5, 0.6) is 0 Å². The third kappa shape index (κ3) is 6.71. The van der Waals surface area contributed by atoms with Crippen molar-refractivity contribution in [3.8, 4) is 0 Å². The van der Waals surface area contributed by atoms with Crippen LogP contribution in [0.3, 0.4) is 0 Å². The fraction of sp³-hybridized carbons (Fsp3) is 0.579. The number of hydrogen-bond acceptors (Lipinski definition) is 3. The molecule has 24 heavy (non-hydrogen) atoms. The summed E-state index contributed by atoms with van der Waals surface area (Å²) in [6, 6.07) is 5.90. The van der Waals surface area contributed by atoms with Gasteiger partial charge in [0.25, 0.3) is 0 Å². The van der Waals surface area contributed by atoms with E-state index in [9.17, 15) is 9.59 Å². The van der Waals surface area contributed by atoms with Gasteiger partial charge in [0.05, 0.1) is 6.54 Å². The minimum absolute atomic E-state index is 0.0434. The Balaban J connectivity index is 2.49. The summed E-state index contributed by atoms with van der Waals surface area (Å²) in [6.45, 7) is 7.18. The minimum atomic E-state index is -0.147. The first-order valence-corrected chi connectivity index (χ1v) is 8.83. The third-order valence-corrected chi connectivity index (χ3v) is 4.16. The Morgan fingerprint density at radius 3 is 2.29 bits per heavy atom. The van der Waals surface area contributed by atoms with E-state index in [0.29, 0.717) is 19.5 Å². The van der Waals surface area contributed by atoms with Gasteiger partial charge in [-0.2, -0.15) is 0 Å². The van der Waals surface area contributed by atoms with Crippen LogP contribution in [0.15, 0.2) is 18.2 Å². The van der Waals surface area contributed by atoms with Gasteiger partial charge < -0.3 is 16.0 Å². The molecule has 5 heteroatoms. The zero-order valence-electron chi connectivity index (χ0n) is 15.2. The van der Waals surface area contributed by atoms with E-state index >= 15 is 0 Å². The molecule has 1 aromatic carbocycles. The van der Waals surface area contributed by atoms with Crippen molar-refractivity contribution in [2.45, 2.75) is 52.9 Å². The van der Waals surface area contributed by atoms with Crippen LogP contribution in [-0.2, 0) is 9.59 Å². The molecule has 0 spiro atoms. The zero-order chi connectivity index (χ0) is 17.9. The molecular formula is C19H31N3O2. The minimum Gasteiger partial charge on any atom is -0.334 e. The van der Waals surface area contributed by atoms with E-state index < -0.39 is 0 Å². The lowest BCUT2D eigenvalue weighted by atomic mass is 10.1. The number of aryl methyl sites for hydroxylation is 2. The maximum atomic E-state index is 12.3. The fourth-order valence-electron chi connectivity index (χ4n) is 2.67. The van der Waals surface area contributed by atoms with Gasteiger partial charge in [0, 0.05) is 18.7 Å². The Morgan fingerprint density at radius 1 is 1.08 bits per heavy atom. The number of nitrogens with two attached hydrogens (primary N) is 1. The summed E-state index contributed by atoms with van der Waals surface area (Å²) in [6.07, 6.45) is 4.42. The number of unbranched alkanes of at least 4 members (excludes halogenated alkanes) is 3. The number of carbonyl (C=O) groups is 2. The molecule has 134 valence electrons. The highest BCUT2D eigenvalue weighted by Gasteiger charge is 2.16. The van der Waals surface area contributed by atoms with E-state index in [2.05, 4.69) is 5.32 Å². The zero-order valence-corrected chi connectivity index (χ0v) is 15.2. The lowest BCUT2D eigenvalue weighted by Gasteiger charge is -2.21. The number of rotatable bonds is 10. The molecule has 1 aromatic rings. The SMILES string of the molecule is CCN(CC(=O)Nc1c(C)cccc1C)C(=O)CCCCCCN. The summed E-state index contributed by atoms with van der Waals surface area (Å²) in [5.41, 5.74) is 8.35. The number of hydrogen-bond donors (Lipinski definition) is 2. The monoisotopic (exact) mass is 333 g/mol. The number of nitrogens with zero attached hydrogens (tertiary/aromatic N) is 1. The molecular weight excluding hydrogens is 302 g/mol. The molecule has 5 nitrogen and oxygen atoms in total. The van der Waals surface area contributed by atoms with E-state index in [-0.39, 0.29) is 18.4 Å². The average molecular weight is 333 g/mol. The number of nitrogens with one attached hydrogen (secondary N) is 1. The summed E-state index contributed by atoms with van der Waals surface area (Å²) in [5.74, 6) is -0.104. The van der Waals surface area contributed by atoms with Gasteiger partial charge in [-0.05, 0) is 51.3 Å². The molecule has 3 N–H and O–H groups in total. The van der Waals surface area contributed by atoms with Crippen LogP contribution < -0.4 is 11.1 Å². The van der Waals surface area contributed by atoms with Gasteiger partial charge in [0.15, 0.2) is 0 Å². The van der Waals surface area contributed by atoms with Gasteiger partial charge in [0.1, 0.15) is 0 Å². The quantitative estimate of drug-likeness (QED) is 0.646. The Hall–Kier alpha value is -1.88. The lowest BCUT2D eigenvalue weighted by molar-refractivity contribution is -0.134. The van der Waals surface area contributed by atoms with Crippen LogP contribution in [0.1, 0.15) is 50.2 Å². The Kier molecular flexibility index (Phi) is 9.08. The molecule has 1 rings (SSSR count). The van der Waals surface area contributed by atoms with E-state index in [4.69, 9.17) is 5.73 Å². The normalized spacial score (nSPS) is 10.5. The fourth-order valence-corrected chi connectivity index (χ4v) is 2.67. The maximum Gasteiger partial charge on any atom is 0.244 e.